The first-order valence-electron chi connectivity index (χ1n) is 12.3. The summed E-state index contributed by atoms with van der Waals surface area (Å²) in [6.07, 6.45) is 0.877. The van der Waals surface area contributed by atoms with Gasteiger partial charge < -0.3 is 17.7 Å². The van der Waals surface area contributed by atoms with Crippen LogP contribution in [0.2, 0.25) is 22.2 Å². The third kappa shape index (κ3) is 5.74. The van der Waals surface area contributed by atoms with Crippen molar-refractivity contribution in [3.05, 3.63) is 36.0 Å². The molecular weight excluding hydrogens is 616 g/mol. The van der Waals surface area contributed by atoms with E-state index in [1.165, 1.54) is 10.6 Å². The van der Waals surface area contributed by atoms with Gasteiger partial charge in [-0.1, -0.05) is 55.4 Å². The quantitative estimate of drug-likeness (QED) is 0.386. The Morgan fingerprint density at radius 3 is 2.09 bits per heavy atom. The van der Waals surface area contributed by atoms with Crippen LogP contribution in [0.3, 0.4) is 0 Å². The van der Waals surface area contributed by atoms with Gasteiger partial charge in [-0.2, -0.15) is 0 Å². The van der Waals surface area contributed by atoms with Gasteiger partial charge in [0.15, 0.2) is 0 Å². The molecule has 35 heavy (non-hydrogen) atoms. The molecule has 0 unspecified atom stereocenters. The van der Waals surface area contributed by atoms with Crippen LogP contribution in [-0.4, -0.2) is 45.5 Å². The molecule has 1 N–H and O–H groups in total. The molecule has 2 aliphatic heterocycles. The monoisotopic (exact) mass is 652 g/mol. The van der Waals surface area contributed by atoms with E-state index >= 15 is 0 Å². The summed E-state index contributed by atoms with van der Waals surface area (Å²) in [4.78, 5) is 27.3. The van der Waals surface area contributed by atoms with Gasteiger partial charge in [0.1, 0.15) is 12.3 Å². The number of aromatic amines is 1. The number of fused-ring (bicyclic) bond motifs is 1. The Kier molecular flexibility index (Phi) is 9.33. The number of halogens is 2. The maximum absolute atomic E-state index is 12.9. The normalized spacial score (nSPS) is 26.2. The molecular formula is C23H38Br2N2O6Si2. The Morgan fingerprint density at radius 1 is 1.00 bits per heavy atom. The van der Waals surface area contributed by atoms with Crippen LogP contribution in [0.5, 0.6) is 0 Å². The molecule has 1 aromatic heterocycles. The van der Waals surface area contributed by atoms with E-state index in [1.807, 2.05) is 0 Å². The van der Waals surface area contributed by atoms with Crippen molar-refractivity contribution in [2.45, 2.75) is 102 Å². The van der Waals surface area contributed by atoms with E-state index in [1.54, 1.807) is 6.08 Å². The topological polar surface area (TPSA) is 91.8 Å². The lowest BCUT2D eigenvalue weighted by Gasteiger charge is -2.51. The summed E-state index contributed by atoms with van der Waals surface area (Å²) in [5.74, 6) is 0. The van der Waals surface area contributed by atoms with Gasteiger partial charge in [0, 0.05) is 12.5 Å². The summed E-state index contributed by atoms with van der Waals surface area (Å²) in [7, 11) is -5.45. The van der Waals surface area contributed by atoms with Crippen LogP contribution >= 0.6 is 31.9 Å². The lowest BCUT2D eigenvalue weighted by atomic mass is 10.2. The number of H-pyrrole nitrogens is 1. The molecule has 0 radical (unpaired) electrons. The first kappa shape index (κ1) is 29.2. The second kappa shape index (κ2) is 11.2. The second-order valence-electron chi connectivity index (χ2n) is 10.7. The van der Waals surface area contributed by atoms with E-state index in [9.17, 15) is 9.59 Å². The Balaban J connectivity index is 2.09. The van der Waals surface area contributed by atoms with Crippen LogP contribution in [0.15, 0.2) is 19.0 Å². The molecule has 0 aliphatic carbocycles. The van der Waals surface area contributed by atoms with Crippen LogP contribution in [0.4, 0.5) is 0 Å². The number of nitrogens with one attached hydrogen (secondary N) is 1. The fourth-order valence-electron chi connectivity index (χ4n) is 5.34. The predicted molar refractivity (Wildman–Crippen MR) is 149 cm³/mol. The fourth-order valence-corrected chi connectivity index (χ4v) is 17.0. The smallest absolute Gasteiger partial charge is 0.335 e. The fraction of sp³-hybridized carbons (Fsp3) is 0.739. The molecule has 2 fully saturated rings. The zero-order chi connectivity index (χ0) is 26.3. The molecule has 3 atom stereocenters. The van der Waals surface area contributed by atoms with E-state index < -0.39 is 34.6 Å². The highest BCUT2D eigenvalue weighted by atomic mass is 79.9. The number of ether oxygens (including phenoxy) is 1. The van der Waals surface area contributed by atoms with Crippen molar-refractivity contribution in [2.24, 2.45) is 0 Å². The van der Waals surface area contributed by atoms with E-state index in [4.69, 9.17) is 17.7 Å². The van der Waals surface area contributed by atoms with E-state index in [2.05, 4.69) is 92.2 Å². The number of hydrogen-bond donors (Lipinski definition) is 1. The number of hydrogen-bond acceptors (Lipinski definition) is 6. The molecule has 1 aromatic rings. The molecule has 12 heteroatoms. The largest absolute Gasteiger partial charge is 0.414 e. The molecule has 8 nitrogen and oxygen atoms in total. The Morgan fingerprint density at radius 2 is 1.57 bits per heavy atom. The van der Waals surface area contributed by atoms with Crippen molar-refractivity contribution in [3.8, 4) is 0 Å². The highest BCUT2D eigenvalue weighted by molar-refractivity contribution is 9.28. The molecule has 3 heterocycles. The molecule has 0 aromatic carbocycles. The van der Waals surface area contributed by atoms with Crippen LogP contribution in [0.1, 0.15) is 73.7 Å². The van der Waals surface area contributed by atoms with Gasteiger partial charge in [-0.25, -0.2) is 4.79 Å². The van der Waals surface area contributed by atoms with E-state index in [-0.39, 0.29) is 34.4 Å². The standard InChI is InChI=1S/C23H38Br2N2O6Si2/c1-13(2)34(14(3)4)30-12-19-18(32-35(33-34,15(5)6)16(7)8)11-22(31-19)27-17(9-20(24)25)10-21(28)26-23(27)29/h9-10,13-16,18-19,22H,11-12H2,1-8H3,(H,26,28,29)/t18-,19+,22+/m0/s1. The second-order valence-corrected chi connectivity index (χ2v) is 22.3. The highest BCUT2D eigenvalue weighted by Gasteiger charge is 2.60. The molecule has 0 amide bonds. The lowest BCUT2D eigenvalue weighted by Crippen LogP contribution is -2.65. The predicted octanol–water partition coefficient (Wildman–Crippen LogP) is 5.87. The maximum Gasteiger partial charge on any atom is 0.335 e. The van der Waals surface area contributed by atoms with Crippen LogP contribution < -0.4 is 11.2 Å². The number of aromatic nitrogens is 2. The molecule has 0 spiro atoms. The molecule has 0 saturated carbocycles. The minimum absolute atomic E-state index is 0.201. The van der Waals surface area contributed by atoms with Crippen molar-refractivity contribution in [1.82, 2.24) is 9.55 Å². The average molecular weight is 655 g/mol. The summed E-state index contributed by atoms with van der Waals surface area (Å²) in [6.45, 7) is 17.8. The summed E-state index contributed by atoms with van der Waals surface area (Å²) >= 11 is 6.66. The van der Waals surface area contributed by atoms with Gasteiger partial charge in [-0.05, 0) is 60.1 Å². The molecule has 198 valence electrons. The minimum atomic E-state index is -2.78. The zero-order valence-electron chi connectivity index (χ0n) is 21.8. The van der Waals surface area contributed by atoms with Gasteiger partial charge in [0.05, 0.1) is 21.8 Å². The zero-order valence-corrected chi connectivity index (χ0v) is 26.9. The average Bonchev–Trinajstić information content (AvgIpc) is 3.07. The first-order chi connectivity index (χ1) is 16.2. The third-order valence-corrected chi connectivity index (χ3v) is 17.8. The summed E-state index contributed by atoms with van der Waals surface area (Å²) in [5.41, 5.74) is 0.317. The Hall–Kier alpha value is -0.346. The molecule has 2 saturated heterocycles. The highest BCUT2D eigenvalue weighted by Crippen LogP contribution is 2.48. The lowest BCUT2D eigenvalue weighted by molar-refractivity contribution is -0.0567. The van der Waals surface area contributed by atoms with Crippen molar-refractivity contribution >= 4 is 55.1 Å². The molecule has 0 bridgehead atoms. The van der Waals surface area contributed by atoms with Crippen molar-refractivity contribution in [2.75, 3.05) is 6.61 Å². The first-order valence-corrected chi connectivity index (χ1v) is 17.8. The van der Waals surface area contributed by atoms with Crippen molar-refractivity contribution < 1.29 is 17.7 Å². The van der Waals surface area contributed by atoms with Crippen molar-refractivity contribution in [3.63, 3.8) is 0 Å². The van der Waals surface area contributed by atoms with E-state index in [0.717, 1.165) is 0 Å². The van der Waals surface area contributed by atoms with Crippen LogP contribution in [-0.2, 0) is 17.7 Å². The summed E-state index contributed by atoms with van der Waals surface area (Å²) < 4.78 is 29.6. The van der Waals surface area contributed by atoms with Gasteiger partial charge in [0.25, 0.3) is 5.56 Å². The van der Waals surface area contributed by atoms with Gasteiger partial charge in [-0.15, -0.1) is 0 Å². The van der Waals surface area contributed by atoms with Crippen LogP contribution in [0, 0.1) is 0 Å². The Labute approximate surface area is 226 Å². The number of rotatable bonds is 6. The van der Waals surface area contributed by atoms with Crippen LogP contribution in [0.25, 0.3) is 6.08 Å². The Bertz CT molecular complexity index is 1040. The SMILES string of the molecule is CC(C)[Si]1(C(C)C)OC[C@H]2O[C@@H](n3c(C=C(Br)Br)cc(=O)[nH]c3=O)C[C@@H]2O[Si](C(C)C)(C(C)C)O1. The van der Waals surface area contributed by atoms with E-state index in [0.29, 0.717) is 22.1 Å². The molecule has 2 aliphatic rings. The van der Waals surface area contributed by atoms with Crippen molar-refractivity contribution in [1.29, 1.82) is 0 Å². The molecule has 3 rings (SSSR count). The minimum Gasteiger partial charge on any atom is -0.414 e. The summed E-state index contributed by atoms with van der Waals surface area (Å²) in [5, 5.41) is 0. The maximum atomic E-state index is 12.9. The van der Waals surface area contributed by atoms with Gasteiger partial charge in [-0.3, -0.25) is 14.3 Å². The summed E-state index contributed by atoms with van der Waals surface area (Å²) in [6, 6.07) is 1.38. The number of nitrogens with zero attached hydrogens (tertiary/aromatic N) is 1. The third-order valence-electron chi connectivity index (χ3n) is 7.08. The van der Waals surface area contributed by atoms with Gasteiger partial charge >= 0.3 is 22.8 Å². The van der Waals surface area contributed by atoms with Gasteiger partial charge in [0.2, 0.25) is 0 Å².